The predicted molar refractivity (Wildman–Crippen MR) is 120 cm³/mol. The van der Waals surface area contributed by atoms with Crippen molar-refractivity contribution < 1.29 is 14.3 Å². The number of aromatic nitrogens is 2. The van der Waals surface area contributed by atoms with Crippen molar-refractivity contribution in [1.29, 1.82) is 0 Å². The third kappa shape index (κ3) is 2.93. The monoisotopic (exact) mass is 433 g/mol. The zero-order valence-electron chi connectivity index (χ0n) is 18.4. The Morgan fingerprint density at radius 2 is 1.97 bits per heavy atom. The van der Waals surface area contributed by atoms with Crippen molar-refractivity contribution in [1.82, 2.24) is 19.4 Å². The van der Waals surface area contributed by atoms with Crippen LogP contribution in [0.1, 0.15) is 24.1 Å². The number of methoxy groups -OCH3 is 2. The van der Waals surface area contributed by atoms with Crippen molar-refractivity contribution in [3.8, 4) is 11.5 Å². The molecule has 3 fully saturated rings. The number of fused-ring (bicyclic) bond motifs is 3. The maximum absolute atomic E-state index is 6.34. The summed E-state index contributed by atoms with van der Waals surface area (Å²) in [5.41, 5.74) is 2.43. The lowest BCUT2D eigenvalue weighted by Gasteiger charge is -2.53. The third-order valence-electron chi connectivity index (χ3n) is 7.10. The second-order valence-corrected chi connectivity index (χ2v) is 8.76. The number of ether oxygens (including phenoxy) is 2. The average Bonchev–Trinajstić information content (AvgIpc) is 3.42. The Balaban J connectivity index is 1.42. The van der Waals surface area contributed by atoms with E-state index in [0.29, 0.717) is 12.5 Å². The Labute approximate surface area is 187 Å². The van der Waals surface area contributed by atoms with E-state index in [-0.39, 0.29) is 0 Å². The average molecular weight is 434 g/mol. The molecular formula is C24H27N5O3. The minimum absolute atomic E-state index is 0.426. The molecule has 1 aromatic carbocycles. The van der Waals surface area contributed by atoms with Crippen LogP contribution >= 0.6 is 0 Å². The molecule has 3 aromatic rings. The Bertz CT molecular complexity index is 1150. The number of nitrogens with zero attached hydrogens (tertiary/aromatic N) is 5. The van der Waals surface area contributed by atoms with Gasteiger partial charge in [-0.05, 0) is 56.3 Å². The van der Waals surface area contributed by atoms with E-state index < -0.39 is 5.72 Å². The van der Waals surface area contributed by atoms with Gasteiger partial charge in [-0.15, -0.1) is 0 Å². The maximum Gasteiger partial charge on any atom is 0.227 e. The lowest BCUT2D eigenvalue weighted by Crippen LogP contribution is -2.66. The zero-order chi connectivity index (χ0) is 21.7. The second kappa shape index (κ2) is 7.41. The smallest absolute Gasteiger partial charge is 0.227 e. The molecule has 3 saturated heterocycles. The molecule has 0 radical (unpaired) electrons. The highest BCUT2D eigenvalue weighted by Crippen LogP contribution is 2.45. The number of benzene rings is 1. The van der Waals surface area contributed by atoms with Crippen molar-refractivity contribution in [3.63, 3.8) is 0 Å². The van der Waals surface area contributed by atoms with Crippen LogP contribution < -0.4 is 9.47 Å². The summed E-state index contributed by atoms with van der Waals surface area (Å²) in [5, 5.41) is 9.43. The van der Waals surface area contributed by atoms with Gasteiger partial charge >= 0.3 is 0 Å². The van der Waals surface area contributed by atoms with Gasteiger partial charge in [-0.25, -0.2) is 4.52 Å². The maximum atomic E-state index is 6.34. The molecule has 8 nitrogen and oxygen atoms in total. The van der Waals surface area contributed by atoms with Gasteiger partial charge in [-0.3, -0.25) is 4.90 Å². The molecule has 2 aromatic heterocycles. The number of rotatable bonds is 5. The van der Waals surface area contributed by atoms with Crippen LogP contribution in [0, 0.1) is 5.92 Å². The van der Waals surface area contributed by atoms with Gasteiger partial charge in [-0.1, -0.05) is 11.2 Å². The van der Waals surface area contributed by atoms with Crippen molar-refractivity contribution in [3.05, 3.63) is 59.9 Å². The molecule has 1 unspecified atom stereocenters. The van der Waals surface area contributed by atoms with Crippen LogP contribution in [-0.2, 0) is 11.4 Å². The largest absolute Gasteiger partial charge is 0.497 e. The minimum Gasteiger partial charge on any atom is -0.497 e. The van der Waals surface area contributed by atoms with Gasteiger partial charge in [0.1, 0.15) is 17.2 Å². The normalized spacial score (nSPS) is 26.4. The lowest BCUT2D eigenvalue weighted by molar-refractivity contribution is -0.198. The summed E-state index contributed by atoms with van der Waals surface area (Å²) in [4.78, 5) is 11.1. The first-order valence-electron chi connectivity index (χ1n) is 11.1. The number of oxime groups is 1. The highest BCUT2D eigenvalue weighted by atomic mass is 16.7. The van der Waals surface area contributed by atoms with Gasteiger partial charge < -0.3 is 19.2 Å². The fourth-order valence-electron chi connectivity index (χ4n) is 5.39. The molecule has 1 atom stereocenters. The van der Waals surface area contributed by atoms with Crippen molar-refractivity contribution >= 4 is 11.4 Å². The zero-order valence-corrected chi connectivity index (χ0v) is 18.4. The Kier molecular flexibility index (Phi) is 4.50. The van der Waals surface area contributed by atoms with E-state index in [1.54, 1.807) is 14.2 Å². The molecule has 0 aliphatic carbocycles. The molecule has 0 saturated carbocycles. The van der Waals surface area contributed by atoms with E-state index in [1.807, 2.05) is 41.0 Å². The quantitative estimate of drug-likeness (QED) is 0.617. The third-order valence-corrected chi connectivity index (χ3v) is 7.10. The molecule has 2 bridgehead atoms. The van der Waals surface area contributed by atoms with Crippen LogP contribution in [0.25, 0.3) is 5.52 Å². The Hall–Kier alpha value is -3.26. The van der Waals surface area contributed by atoms with Crippen LogP contribution in [0.4, 0.5) is 0 Å². The first kappa shape index (κ1) is 19.4. The number of amidine groups is 1. The SMILES string of the molecule is COc1ccc(CN2C(c3cc4ccccn4n3)=NOC23CN2CCC3CC2)c(OC)c1. The summed E-state index contributed by atoms with van der Waals surface area (Å²) in [6.07, 6.45) is 4.19. The van der Waals surface area contributed by atoms with E-state index >= 15 is 0 Å². The van der Waals surface area contributed by atoms with Crippen LogP contribution in [0.3, 0.4) is 0 Å². The van der Waals surface area contributed by atoms with E-state index in [1.165, 1.54) is 0 Å². The molecule has 8 heteroatoms. The standard InChI is InChI=1S/C24H27N5O3/c1-30-20-7-6-17(22(14-20)31-2)15-28-23(21-13-19-5-3-4-10-29(19)25-21)26-32-24(28)16-27-11-8-18(24)9-12-27/h3-7,10,13-14,18H,8-9,11-12,15-16H2,1-2H3. The molecule has 0 N–H and O–H groups in total. The van der Waals surface area contributed by atoms with Gasteiger partial charge in [0.15, 0.2) is 5.84 Å². The van der Waals surface area contributed by atoms with Gasteiger partial charge in [-0.2, -0.15) is 5.10 Å². The van der Waals surface area contributed by atoms with Crippen molar-refractivity contribution in [2.75, 3.05) is 33.9 Å². The summed E-state index contributed by atoms with van der Waals surface area (Å²) in [5.74, 6) is 2.77. The van der Waals surface area contributed by atoms with Gasteiger partial charge in [0, 0.05) is 23.7 Å². The highest BCUT2D eigenvalue weighted by Gasteiger charge is 2.57. The molecular weight excluding hydrogens is 406 g/mol. The predicted octanol–water partition coefficient (Wildman–Crippen LogP) is 2.97. The van der Waals surface area contributed by atoms with Crippen molar-refractivity contribution in [2.24, 2.45) is 11.1 Å². The molecule has 4 aliphatic rings. The number of hydrogen-bond acceptors (Lipinski definition) is 7. The number of hydrogen-bond donors (Lipinski definition) is 0. The van der Waals surface area contributed by atoms with E-state index in [0.717, 1.165) is 66.6 Å². The fraction of sp³-hybridized carbons (Fsp3) is 0.417. The van der Waals surface area contributed by atoms with Crippen LogP contribution in [0.5, 0.6) is 11.5 Å². The molecule has 32 heavy (non-hydrogen) atoms. The van der Waals surface area contributed by atoms with Gasteiger partial charge in [0.25, 0.3) is 0 Å². The topological polar surface area (TPSA) is 63.8 Å². The first-order chi connectivity index (χ1) is 15.7. The van der Waals surface area contributed by atoms with Crippen molar-refractivity contribution in [2.45, 2.75) is 25.1 Å². The Morgan fingerprint density at radius 3 is 2.69 bits per heavy atom. The summed E-state index contributed by atoms with van der Waals surface area (Å²) in [7, 11) is 3.36. The van der Waals surface area contributed by atoms with E-state index in [4.69, 9.17) is 19.4 Å². The van der Waals surface area contributed by atoms with Gasteiger partial charge in [0.2, 0.25) is 5.72 Å². The number of pyridine rings is 1. The summed E-state index contributed by atoms with van der Waals surface area (Å²) in [6.45, 7) is 3.71. The van der Waals surface area contributed by atoms with Crippen LogP contribution in [0.15, 0.2) is 53.8 Å². The second-order valence-electron chi connectivity index (χ2n) is 8.76. The van der Waals surface area contributed by atoms with Crippen LogP contribution in [0.2, 0.25) is 0 Å². The molecule has 1 spiro atoms. The molecule has 166 valence electrons. The van der Waals surface area contributed by atoms with Gasteiger partial charge in [0.05, 0.1) is 32.8 Å². The van der Waals surface area contributed by atoms with E-state index in [2.05, 4.69) is 27.1 Å². The first-order valence-corrected chi connectivity index (χ1v) is 11.1. The highest BCUT2D eigenvalue weighted by molar-refractivity contribution is 5.99. The van der Waals surface area contributed by atoms with Crippen LogP contribution in [-0.4, -0.2) is 64.8 Å². The number of piperidine rings is 3. The fourth-order valence-corrected chi connectivity index (χ4v) is 5.39. The van der Waals surface area contributed by atoms with E-state index in [9.17, 15) is 0 Å². The summed E-state index contributed by atoms with van der Waals surface area (Å²) < 4.78 is 13.0. The molecule has 6 heterocycles. The lowest BCUT2D eigenvalue weighted by atomic mass is 9.79. The minimum atomic E-state index is -0.480. The summed E-state index contributed by atoms with van der Waals surface area (Å²) >= 11 is 0. The molecule has 4 aliphatic heterocycles. The Morgan fingerprint density at radius 1 is 1.09 bits per heavy atom. The summed E-state index contributed by atoms with van der Waals surface area (Å²) in [6, 6.07) is 14.1. The molecule has 0 amide bonds. The molecule has 7 rings (SSSR count).